The summed E-state index contributed by atoms with van der Waals surface area (Å²) in [5, 5.41) is 8.56. The van der Waals surface area contributed by atoms with Crippen LogP contribution in [0.2, 0.25) is 0 Å². The molecule has 0 aliphatic carbocycles. The maximum absolute atomic E-state index is 12.3. The second-order valence-electron chi connectivity index (χ2n) is 6.14. The number of hydrogen-bond acceptors (Lipinski definition) is 6. The zero-order valence-corrected chi connectivity index (χ0v) is 15.7. The molecule has 1 aromatic rings. The van der Waals surface area contributed by atoms with Gasteiger partial charge in [0.15, 0.2) is 6.10 Å². The lowest BCUT2D eigenvalue weighted by Gasteiger charge is -2.20. The van der Waals surface area contributed by atoms with Gasteiger partial charge in [0.25, 0.3) is 5.91 Å². The van der Waals surface area contributed by atoms with Gasteiger partial charge in [-0.25, -0.2) is 13.2 Å². The van der Waals surface area contributed by atoms with Crippen LogP contribution in [0.1, 0.15) is 29.3 Å². The number of esters is 1. The van der Waals surface area contributed by atoms with Crippen LogP contribution in [0.3, 0.4) is 0 Å². The molecule has 1 heterocycles. The molecule has 1 atom stereocenters. The zero-order chi connectivity index (χ0) is 19.5. The number of hydrogen-bond donors (Lipinski definition) is 0. The van der Waals surface area contributed by atoms with Crippen molar-refractivity contribution >= 4 is 27.6 Å². The number of amides is 1. The highest BCUT2D eigenvalue weighted by atomic mass is 32.2. The summed E-state index contributed by atoms with van der Waals surface area (Å²) in [5.41, 5.74) is 1.57. The van der Waals surface area contributed by atoms with Crippen LogP contribution in [0.15, 0.2) is 18.2 Å². The summed E-state index contributed by atoms with van der Waals surface area (Å²) in [4.78, 5) is 25.8. The van der Waals surface area contributed by atoms with Crippen molar-refractivity contribution in [3.05, 3.63) is 29.3 Å². The molecule has 0 aromatic heterocycles. The van der Waals surface area contributed by atoms with E-state index in [-0.39, 0.29) is 18.5 Å². The molecule has 9 heteroatoms. The first-order valence-electron chi connectivity index (χ1n) is 8.08. The lowest BCUT2D eigenvalue weighted by molar-refractivity contribution is -0.138. The number of carbonyl (C=O) groups excluding carboxylic acids is 2. The van der Waals surface area contributed by atoms with Gasteiger partial charge in [-0.3, -0.25) is 9.10 Å². The van der Waals surface area contributed by atoms with Crippen LogP contribution in [-0.4, -0.2) is 57.7 Å². The molecule has 1 aromatic carbocycles. The third kappa shape index (κ3) is 4.32. The van der Waals surface area contributed by atoms with Gasteiger partial charge in [0.05, 0.1) is 30.0 Å². The molecule has 1 amide bonds. The van der Waals surface area contributed by atoms with Gasteiger partial charge in [-0.15, -0.1) is 0 Å². The minimum absolute atomic E-state index is 0.199. The fourth-order valence-electron chi connectivity index (χ4n) is 2.76. The number of anilines is 1. The highest BCUT2D eigenvalue weighted by Gasteiger charge is 2.28. The molecule has 1 aliphatic rings. The summed E-state index contributed by atoms with van der Waals surface area (Å²) in [7, 11) is -1.81. The van der Waals surface area contributed by atoms with Crippen LogP contribution in [0.4, 0.5) is 5.69 Å². The summed E-state index contributed by atoms with van der Waals surface area (Å²) in [6.07, 6.45) is 0.867. The van der Waals surface area contributed by atoms with Gasteiger partial charge < -0.3 is 9.64 Å². The Kier molecular flexibility index (Phi) is 5.87. The molecule has 8 nitrogen and oxygen atoms in total. The lowest BCUT2D eigenvalue weighted by Crippen LogP contribution is -2.37. The van der Waals surface area contributed by atoms with Crippen LogP contribution in [0, 0.1) is 11.3 Å². The third-order valence-corrected chi connectivity index (χ3v) is 5.32. The molecular formula is C17H21N3O5S. The monoisotopic (exact) mass is 379 g/mol. The fourth-order valence-corrected chi connectivity index (χ4v) is 3.72. The van der Waals surface area contributed by atoms with Gasteiger partial charge in [-0.2, -0.15) is 5.26 Å². The zero-order valence-electron chi connectivity index (χ0n) is 14.9. The molecule has 0 fully saturated rings. The van der Waals surface area contributed by atoms with Crippen molar-refractivity contribution in [1.29, 1.82) is 5.26 Å². The van der Waals surface area contributed by atoms with E-state index >= 15 is 0 Å². The number of fused-ring (bicyclic) bond motifs is 1. The number of likely N-dealkylation sites (N-methyl/N-ethyl adjacent to an activating group) is 1. The number of nitrogens with zero attached hydrogens (tertiary/aromatic N) is 3. The molecule has 0 saturated heterocycles. The summed E-state index contributed by atoms with van der Waals surface area (Å²) < 4.78 is 30.0. The molecule has 26 heavy (non-hydrogen) atoms. The van der Waals surface area contributed by atoms with Crippen molar-refractivity contribution in [1.82, 2.24) is 4.90 Å². The average molecular weight is 379 g/mol. The lowest BCUT2D eigenvalue weighted by atomic mass is 10.1. The minimum atomic E-state index is -3.35. The summed E-state index contributed by atoms with van der Waals surface area (Å²) in [6.45, 7) is 2.07. The number of sulfonamides is 1. The maximum atomic E-state index is 12.3. The first-order chi connectivity index (χ1) is 12.1. The van der Waals surface area contributed by atoms with Gasteiger partial charge in [-0.05, 0) is 37.1 Å². The quantitative estimate of drug-likeness (QED) is 0.680. The summed E-state index contributed by atoms with van der Waals surface area (Å²) >= 11 is 0. The number of benzene rings is 1. The summed E-state index contributed by atoms with van der Waals surface area (Å²) in [5.74, 6) is -1.04. The van der Waals surface area contributed by atoms with E-state index in [1.54, 1.807) is 19.2 Å². The Labute approximate surface area is 153 Å². The predicted octanol–water partition coefficient (Wildman–Crippen LogP) is 0.926. The van der Waals surface area contributed by atoms with Crippen molar-refractivity contribution in [3.63, 3.8) is 0 Å². The standard InChI is InChI=1S/C17H21N3O5S/c1-12(16(21)19(2)9-4-8-18)25-17(22)14-5-6-15-13(11-14)7-10-20(15)26(3,23)24/h5-6,11-12H,4,7,9-10H2,1-3H3/t12-/m1/s1. The van der Waals surface area contributed by atoms with E-state index in [4.69, 9.17) is 10.00 Å². The van der Waals surface area contributed by atoms with Crippen LogP contribution >= 0.6 is 0 Å². The summed E-state index contributed by atoms with van der Waals surface area (Å²) in [6, 6.07) is 6.61. The topological polar surface area (TPSA) is 108 Å². The van der Waals surface area contributed by atoms with E-state index in [2.05, 4.69) is 0 Å². The highest BCUT2D eigenvalue weighted by Crippen LogP contribution is 2.30. The van der Waals surface area contributed by atoms with E-state index in [1.165, 1.54) is 22.2 Å². The van der Waals surface area contributed by atoms with E-state index in [0.29, 0.717) is 18.7 Å². The molecule has 1 aliphatic heterocycles. The van der Waals surface area contributed by atoms with Crippen molar-refractivity contribution < 1.29 is 22.7 Å². The predicted molar refractivity (Wildman–Crippen MR) is 95.1 cm³/mol. The van der Waals surface area contributed by atoms with Crippen molar-refractivity contribution in [2.45, 2.75) is 25.9 Å². The SMILES string of the molecule is C[C@@H](OC(=O)c1ccc2c(c1)CCN2S(C)(=O)=O)C(=O)N(C)CCC#N. The van der Waals surface area contributed by atoms with Gasteiger partial charge in [-0.1, -0.05) is 0 Å². The maximum Gasteiger partial charge on any atom is 0.338 e. The Morgan fingerprint density at radius 3 is 2.73 bits per heavy atom. The Bertz CT molecular complexity index is 860. The Hall–Kier alpha value is -2.60. The molecule has 0 spiro atoms. The van der Waals surface area contributed by atoms with Gasteiger partial charge in [0, 0.05) is 20.1 Å². The molecule has 0 N–H and O–H groups in total. The number of rotatable bonds is 6. The van der Waals surface area contributed by atoms with Crippen LogP contribution in [-0.2, 0) is 26.0 Å². The third-order valence-electron chi connectivity index (χ3n) is 4.14. The van der Waals surface area contributed by atoms with E-state index < -0.39 is 28.0 Å². The molecule has 0 unspecified atom stereocenters. The molecule has 0 radical (unpaired) electrons. The second kappa shape index (κ2) is 7.74. The molecule has 0 saturated carbocycles. The number of ether oxygens (including phenoxy) is 1. The van der Waals surface area contributed by atoms with Crippen molar-refractivity contribution in [3.8, 4) is 6.07 Å². The Morgan fingerprint density at radius 1 is 1.42 bits per heavy atom. The minimum Gasteiger partial charge on any atom is -0.449 e. The first kappa shape index (κ1) is 19.7. The van der Waals surface area contributed by atoms with E-state index in [9.17, 15) is 18.0 Å². The largest absolute Gasteiger partial charge is 0.449 e. The fraction of sp³-hybridized carbons (Fsp3) is 0.471. The Morgan fingerprint density at radius 2 is 2.12 bits per heavy atom. The van der Waals surface area contributed by atoms with Crippen LogP contribution in [0.5, 0.6) is 0 Å². The van der Waals surface area contributed by atoms with E-state index in [0.717, 1.165) is 11.8 Å². The van der Waals surface area contributed by atoms with E-state index in [1.807, 2.05) is 6.07 Å². The highest BCUT2D eigenvalue weighted by molar-refractivity contribution is 7.92. The number of nitriles is 1. The van der Waals surface area contributed by atoms with Crippen LogP contribution in [0.25, 0.3) is 0 Å². The average Bonchev–Trinajstić information content (AvgIpc) is 3.02. The van der Waals surface area contributed by atoms with Crippen LogP contribution < -0.4 is 4.31 Å². The van der Waals surface area contributed by atoms with Crippen molar-refractivity contribution in [2.24, 2.45) is 0 Å². The van der Waals surface area contributed by atoms with Gasteiger partial charge >= 0.3 is 5.97 Å². The number of carbonyl (C=O) groups is 2. The van der Waals surface area contributed by atoms with Gasteiger partial charge in [0.1, 0.15) is 0 Å². The molecular weight excluding hydrogens is 358 g/mol. The molecule has 0 bridgehead atoms. The Balaban J connectivity index is 2.07. The normalized spacial score (nSPS) is 14.3. The first-order valence-corrected chi connectivity index (χ1v) is 9.93. The smallest absolute Gasteiger partial charge is 0.338 e. The second-order valence-corrected chi connectivity index (χ2v) is 8.05. The molecule has 2 rings (SSSR count). The van der Waals surface area contributed by atoms with Gasteiger partial charge in [0.2, 0.25) is 10.0 Å². The van der Waals surface area contributed by atoms with Crippen molar-refractivity contribution in [2.75, 3.05) is 30.7 Å². The molecule has 140 valence electrons.